The summed E-state index contributed by atoms with van der Waals surface area (Å²) in [6.07, 6.45) is 4.56. The summed E-state index contributed by atoms with van der Waals surface area (Å²) in [6.45, 7) is 1.57. The molecule has 1 aliphatic carbocycles. The monoisotopic (exact) mass is 293 g/mol. The number of aryl methyl sites for hydroxylation is 1. The van der Waals surface area contributed by atoms with Crippen molar-refractivity contribution in [2.45, 2.75) is 26.2 Å². The van der Waals surface area contributed by atoms with Gasteiger partial charge in [-0.3, -0.25) is 4.79 Å². The molecule has 110 valence electrons. The van der Waals surface area contributed by atoms with Crippen molar-refractivity contribution < 1.29 is 4.79 Å². The van der Waals surface area contributed by atoms with Crippen molar-refractivity contribution in [3.05, 3.63) is 47.4 Å². The molecule has 0 amide bonds. The van der Waals surface area contributed by atoms with Crippen LogP contribution in [0.5, 0.6) is 0 Å². The van der Waals surface area contributed by atoms with E-state index in [0.29, 0.717) is 11.3 Å². The minimum atomic E-state index is 0.0505. The van der Waals surface area contributed by atoms with Crippen molar-refractivity contribution in [1.82, 2.24) is 19.6 Å². The first-order chi connectivity index (χ1) is 10.7. The molecule has 6 nitrogen and oxygen atoms in total. The van der Waals surface area contributed by atoms with Crippen LogP contribution in [-0.4, -0.2) is 25.4 Å². The van der Waals surface area contributed by atoms with Crippen LogP contribution in [0.3, 0.4) is 0 Å². The second-order valence-corrected chi connectivity index (χ2v) is 5.47. The molecule has 0 radical (unpaired) electrons. The summed E-state index contributed by atoms with van der Waals surface area (Å²) in [5.74, 6) is 1.55. The molecule has 0 bridgehead atoms. The molecule has 0 aliphatic heterocycles. The number of rotatable bonds is 3. The number of Topliss-reactive ketones (excluding diaryl/α,β-unsaturated/α-hetero) is 1. The maximum Gasteiger partial charge on any atom is 0.254 e. The van der Waals surface area contributed by atoms with E-state index in [1.165, 1.54) is 11.9 Å². The summed E-state index contributed by atoms with van der Waals surface area (Å²) in [5, 5.41) is 7.66. The predicted octanol–water partition coefficient (Wildman–Crippen LogP) is 2.56. The number of anilines is 2. The van der Waals surface area contributed by atoms with Crippen molar-refractivity contribution in [2.24, 2.45) is 0 Å². The summed E-state index contributed by atoms with van der Waals surface area (Å²) in [6, 6.07) is 7.48. The number of nitrogens with zero attached hydrogens (tertiary/aromatic N) is 4. The normalized spacial score (nSPS) is 13.3. The lowest BCUT2D eigenvalue weighted by molar-refractivity contribution is 0.101. The van der Waals surface area contributed by atoms with E-state index >= 15 is 0 Å². The Hall–Kier alpha value is -2.76. The second kappa shape index (κ2) is 4.91. The smallest absolute Gasteiger partial charge is 0.254 e. The van der Waals surface area contributed by atoms with E-state index in [9.17, 15) is 4.79 Å². The van der Waals surface area contributed by atoms with Crippen molar-refractivity contribution in [1.29, 1.82) is 0 Å². The first kappa shape index (κ1) is 12.9. The van der Waals surface area contributed by atoms with Gasteiger partial charge in [-0.25, -0.2) is 4.98 Å². The van der Waals surface area contributed by atoms with E-state index in [4.69, 9.17) is 0 Å². The molecule has 0 spiro atoms. The van der Waals surface area contributed by atoms with Gasteiger partial charge in [0.25, 0.3) is 5.78 Å². The summed E-state index contributed by atoms with van der Waals surface area (Å²) in [4.78, 5) is 20.3. The van der Waals surface area contributed by atoms with Gasteiger partial charge in [0.1, 0.15) is 12.1 Å². The van der Waals surface area contributed by atoms with E-state index in [1.54, 1.807) is 11.4 Å². The molecule has 0 unspecified atom stereocenters. The van der Waals surface area contributed by atoms with Crippen LogP contribution in [0.4, 0.5) is 11.5 Å². The lowest BCUT2D eigenvalue weighted by Crippen LogP contribution is -2.07. The molecule has 0 saturated heterocycles. The molecule has 0 atom stereocenters. The molecular formula is C16H15N5O. The van der Waals surface area contributed by atoms with Gasteiger partial charge in [0.15, 0.2) is 5.78 Å². The quantitative estimate of drug-likeness (QED) is 0.751. The van der Waals surface area contributed by atoms with Crippen molar-refractivity contribution in [2.75, 3.05) is 5.32 Å². The summed E-state index contributed by atoms with van der Waals surface area (Å²) < 4.78 is 1.73. The number of benzene rings is 1. The van der Waals surface area contributed by atoms with Gasteiger partial charge in [-0.15, -0.1) is 0 Å². The minimum Gasteiger partial charge on any atom is -0.340 e. The number of hydrogen-bond donors (Lipinski definition) is 1. The zero-order valence-corrected chi connectivity index (χ0v) is 12.2. The summed E-state index contributed by atoms with van der Waals surface area (Å²) >= 11 is 0. The molecule has 2 aromatic heterocycles. The van der Waals surface area contributed by atoms with Crippen molar-refractivity contribution in [3.8, 4) is 0 Å². The van der Waals surface area contributed by atoms with E-state index in [2.05, 4.69) is 20.4 Å². The third-order valence-corrected chi connectivity index (χ3v) is 3.98. The molecule has 0 fully saturated rings. The standard InChI is InChI=1S/C16H15N5O/c1-10(22)11-4-2-5-12(8-11)19-15-13-6-3-7-14(13)20-16-17-9-18-21(15)16/h2,4-5,8-9,19H,3,6-7H2,1H3. The third kappa shape index (κ3) is 2.04. The van der Waals surface area contributed by atoms with Crippen LogP contribution in [0.25, 0.3) is 5.78 Å². The van der Waals surface area contributed by atoms with Crippen LogP contribution < -0.4 is 5.32 Å². The Kier molecular flexibility index (Phi) is 2.89. The Morgan fingerprint density at radius 1 is 1.32 bits per heavy atom. The maximum atomic E-state index is 11.5. The highest BCUT2D eigenvalue weighted by atomic mass is 16.1. The maximum absolute atomic E-state index is 11.5. The lowest BCUT2D eigenvalue weighted by Gasteiger charge is -2.13. The van der Waals surface area contributed by atoms with Gasteiger partial charge in [-0.1, -0.05) is 12.1 Å². The van der Waals surface area contributed by atoms with E-state index in [-0.39, 0.29) is 5.78 Å². The lowest BCUT2D eigenvalue weighted by atomic mass is 10.1. The highest BCUT2D eigenvalue weighted by molar-refractivity contribution is 5.95. The topological polar surface area (TPSA) is 72.2 Å². The number of ketones is 1. The van der Waals surface area contributed by atoms with Crippen LogP contribution in [-0.2, 0) is 12.8 Å². The molecule has 0 saturated carbocycles. The zero-order chi connectivity index (χ0) is 15.1. The third-order valence-electron chi connectivity index (χ3n) is 3.98. The van der Waals surface area contributed by atoms with Gasteiger partial charge >= 0.3 is 0 Å². The molecule has 1 N–H and O–H groups in total. The molecular weight excluding hydrogens is 278 g/mol. The van der Waals surface area contributed by atoms with Gasteiger partial charge in [0.2, 0.25) is 0 Å². The van der Waals surface area contributed by atoms with Crippen LogP contribution in [0.15, 0.2) is 30.6 Å². The Morgan fingerprint density at radius 3 is 3.09 bits per heavy atom. The van der Waals surface area contributed by atoms with E-state index in [1.807, 2.05) is 24.3 Å². The predicted molar refractivity (Wildman–Crippen MR) is 82.5 cm³/mol. The van der Waals surface area contributed by atoms with Crippen molar-refractivity contribution in [3.63, 3.8) is 0 Å². The van der Waals surface area contributed by atoms with Gasteiger partial charge in [0.05, 0.1) is 5.69 Å². The number of nitrogens with one attached hydrogen (secondary N) is 1. The number of aromatic nitrogens is 4. The molecule has 22 heavy (non-hydrogen) atoms. The van der Waals surface area contributed by atoms with Gasteiger partial charge in [-0.2, -0.15) is 14.6 Å². The number of hydrogen-bond acceptors (Lipinski definition) is 5. The molecule has 3 aromatic rings. The van der Waals surface area contributed by atoms with Crippen LogP contribution >= 0.6 is 0 Å². The van der Waals surface area contributed by atoms with Gasteiger partial charge in [0, 0.05) is 16.8 Å². The largest absolute Gasteiger partial charge is 0.340 e. The highest BCUT2D eigenvalue weighted by Crippen LogP contribution is 2.30. The Labute approximate surface area is 127 Å². The first-order valence-corrected chi connectivity index (χ1v) is 7.32. The Morgan fingerprint density at radius 2 is 2.23 bits per heavy atom. The van der Waals surface area contributed by atoms with Crippen LogP contribution in [0.1, 0.15) is 35.0 Å². The molecule has 1 aliphatic rings. The van der Waals surface area contributed by atoms with Crippen LogP contribution in [0, 0.1) is 0 Å². The Bertz CT molecular complexity index is 883. The molecule has 4 rings (SSSR count). The number of fused-ring (bicyclic) bond motifs is 2. The fraction of sp³-hybridized carbons (Fsp3) is 0.250. The summed E-state index contributed by atoms with van der Waals surface area (Å²) in [5.41, 5.74) is 3.83. The first-order valence-electron chi connectivity index (χ1n) is 7.32. The highest BCUT2D eigenvalue weighted by Gasteiger charge is 2.21. The Balaban J connectivity index is 1.83. The average molecular weight is 293 g/mol. The number of carbonyl (C=O) groups excluding carboxylic acids is 1. The number of carbonyl (C=O) groups is 1. The van der Waals surface area contributed by atoms with Gasteiger partial charge in [-0.05, 0) is 38.3 Å². The zero-order valence-electron chi connectivity index (χ0n) is 12.2. The average Bonchev–Trinajstić information content (AvgIpc) is 3.15. The molecule has 2 heterocycles. The van der Waals surface area contributed by atoms with E-state index in [0.717, 1.165) is 36.5 Å². The van der Waals surface area contributed by atoms with Crippen molar-refractivity contribution >= 4 is 23.1 Å². The molecule has 6 heteroatoms. The van der Waals surface area contributed by atoms with E-state index < -0.39 is 0 Å². The summed E-state index contributed by atoms with van der Waals surface area (Å²) in [7, 11) is 0. The fourth-order valence-electron chi connectivity index (χ4n) is 2.91. The SMILES string of the molecule is CC(=O)c1cccc(Nc2c3c(nc4ncnn24)CCC3)c1. The van der Waals surface area contributed by atoms with Crippen LogP contribution in [0.2, 0.25) is 0 Å². The van der Waals surface area contributed by atoms with Gasteiger partial charge < -0.3 is 5.32 Å². The minimum absolute atomic E-state index is 0.0505. The fourth-order valence-corrected chi connectivity index (χ4v) is 2.91. The molecule has 1 aromatic carbocycles. The second-order valence-electron chi connectivity index (χ2n) is 5.47.